The number of benzene rings is 1. The monoisotopic (exact) mass is 262 g/mol. The second-order valence-electron chi connectivity index (χ2n) is 3.91. The van der Waals surface area contributed by atoms with Gasteiger partial charge in [-0.3, -0.25) is 0 Å². The van der Waals surface area contributed by atoms with Crippen molar-refractivity contribution in [3.8, 4) is 11.4 Å². The number of carboxylic acid groups (broad SMARTS) is 1. The van der Waals surface area contributed by atoms with Gasteiger partial charge in [-0.25, -0.2) is 4.79 Å². The van der Waals surface area contributed by atoms with Crippen LogP contribution in [0.1, 0.15) is 19.2 Å². The van der Waals surface area contributed by atoms with E-state index in [-0.39, 0.29) is 0 Å². The number of rotatable bonds is 6. The van der Waals surface area contributed by atoms with Crippen molar-refractivity contribution in [3.63, 3.8) is 0 Å². The molecule has 7 nitrogen and oxygen atoms in total. The summed E-state index contributed by atoms with van der Waals surface area (Å²) >= 11 is 0. The van der Waals surface area contributed by atoms with Gasteiger partial charge in [0.1, 0.15) is 11.4 Å². The van der Waals surface area contributed by atoms with Gasteiger partial charge < -0.3 is 9.84 Å². The Morgan fingerprint density at radius 3 is 2.95 bits per heavy atom. The number of aryl methyl sites for hydroxylation is 1. The first-order valence-corrected chi connectivity index (χ1v) is 5.93. The Balaban J connectivity index is 2.32. The zero-order valence-corrected chi connectivity index (χ0v) is 10.5. The molecule has 1 aromatic carbocycles. The summed E-state index contributed by atoms with van der Waals surface area (Å²) in [4.78, 5) is 10.6. The standard InChI is InChI=1S/C12H14N4O3/c1-2-5-11-13-14-15-16(11)9-6-3-4-7-10(9)19-8-12(17)18/h3-4,6-7H,2,5,8H2,1H3,(H,17,18). The minimum Gasteiger partial charge on any atom is -0.480 e. The Kier molecular flexibility index (Phi) is 4.07. The Morgan fingerprint density at radius 2 is 2.21 bits per heavy atom. The third-order valence-corrected chi connectivity index (χ3v) is 2.45. The van der Waals surface area contributed by atoms with Crippen LogP contribution < -0.4 is 4.74 Å². The van der Waals surface area contributed by atoms with Crippen LogP contribution in [-0.4, -0.2) is 37.9 Å². The molecule has 2 aromatic rings. The van der Waals surface area contributed by atoms with Crippen LogP contribution in [0.5, 0.6) is 5.75 Å². The highest BCUT2D eigenvalue weighted by molar-refractivity contribution is 5.68. The number of ether oxygens (including phenoxy) is 1. The van der Waals surface area contributed by atoms with Gasteiger partial charge in [-0.15, -0.1) is 5.10 Å². The van der Waals surface area contributed by atoms with E-state index in [0.29, 0.717) is 17.3 Å². The number of aromatic nitrogens is 4. The second kappa shape index (κ2) is 5.94. The molecule has 0 amide bonds. The molecule has 0 spiro atoms. The van der Waals surface area contributed by atoms with Gasteiger partial charge in [-0.2, -0.15) is 4.68 Å². The van der Waals surface area contributed by atoms with E-state index in [4.69, 9.17) is 9.84 Å². The summed E-state index contributed by atoms with van der Waals surface area (Å²) in [6.45, 7) is 1.63. The molecule has 0 fully saturated rings. The molecule has 19 heavy (non-hydrogen) atoms. The van der Waals surface area contributed by atoms with Crippen molar-refractivity contribution < 1.29 is 14.6 Å². The summed E-state index contributed by atoms with van der Waals surface area (Å²) in [5, 5.41) is 20.2. The maximum Gasteiger partial charge on any atom is 0.341 e. The number of hydrogen-bond acceptors (Lipinski definition) is 5. The van der Waals surface area contributed by atoms with Gasteiger partial charge in [-0.1, -0.05) is 19.1 Å². The normalized spacial score (nSPS) is 10.4. The van der Waals surface area contributed by atoms with E-state index in [1.165, 1.54) is 0 Å². The van der Waals surface area contributed by atoms with Gasteiger partial charge in [0.2, 0.25) is 0 Å². The SMILES string of the molecule is CCCc1nnnn1-c1ccccc1OCC(=O)O. The third-order valence-electron chi connectivity index (χ3n) is 2.45. The lowest BCUT2D eigenvalue weighted by Gasteiger charge is -2.10. The lowest BCUT2D eigenvalue weighted by Crippen LogP contribution is -2.12. The second-order valence-corrected chi connectivity index (χ2v) is 3.91. The number of nitrogens with zero attached hydrogens (tertiary/aromatic N) is 4. The summed E-state index contributed by atoms with van der Waals surface area (Å²) in [6, 6.07) is 7.06. The zero-order valence-electron chi connectivity index (χ0n) is 10.5. The first-order valence-electron chi connectivity index (χ1n) is 5.93. The highest BCUT2D eigenvalue weighted by Crippen LogP contribution is 2.22. The van der Waals surface area contributed by atoms with Crippen LogP contribution in [-0.2, 0) is 11.2 Å². The average Bonchev–Trinajstić information content (AvgIpc) is 2.85. The number of hydrogen-bond donors (Lipinski definition) is 1. The van der Waals surface area contributed by atoms with Crippen molar-refractivity contribution in [2.45, 2.75) is 19.8 Å². The van der Waals surface area contributed by atoms with E-state index in [9.17, 15) is 4.79 Å². The van der Waals surface area contributed by atoms with Crippen molar-refractivity contribution in [1.82, 2.24) is 20.2 Å². The van der Waals surface area contributed by atoms with Crippen molar-refractivity contribution in [2.75, 3.05) is 6.61 Å². The van der Waals surface area contributed by atoms with Crippen LogP contribution in [0.4, 0.5) is 0 Å². The van der Waals surface area contributed by atoms with Gasteiger partial charge in [0.15, 0.2) is 12.4 Å². The van der Waals surface area contributed by atoms with E-state index in [0.717, 1.165) is 12.8 Å². The zero-order chi connectivity index (χ0) is 13.7. The lowest BCUT2D eigenvalue weighted by atomic mass is 10.2. The van der Waals surface area contributed by atoms with Gasteiger partial charge in [0.05, 0.1) is 0 Å². The molecule has 0 aliphatic carbocycles. The summed E-state index contributed by atoms with van der Waals surface area (Å²) in [7, 11) is 0. The molecule has 2 rings (SSSR count). The van der Waals surface area contributed by atoms with Crippen molar-refractivity contribution in [3.05, 3.63) is 30.1 Å². The molecule has 1 N–H and O–H groups in total. The Bertz CT molecular complexity index is 568. The van der Waals surface area contributed by atoms with E-state index in [1.54, 1.807) is 22.9 Å². The fraction of sp³-hybridized carbons (Fsp3) is 0.333. The van der Waals surface area contributed by atoms with Gasteiger partial charge in [-0.05, 0) is 29.0 Å². The molecule has 0 aliphatic heterocycles. The number of carbonyl (C=O) groups is 1. The smallest absolute Gasteiger partial charge is 0.341 e. The van der Waals surface area contributed by atoms with Crippen LogP contribution >= 0.6 is 0 Å². The number of carboxylic acids is 1. The largest absolute Gasteiger partial charge is 0.480 e. The average molecular weight is 262 g/mol. The third kappa shape index (κ3) is 3.06. The van der Waals surface area contributed by atoms with Crippen LogP contribution in [0.15, 0.2) is 24.3 Å². The first kappa shape index (κ1) is 13.0. The predicted molar refractivity (Wildman–Crippen MR) is 66.3 cm³/mol. The quantitative estimate of drug-likeness (QED) is 0.837. The molecular formula is C12H14N4O3. The van der Waals surface area contributed by atoms with E-state index in [2.05, 4.69) is 15.5 Å². The molecule has 0 saturated carbocycles. The number of aliphatic carboxylic acids is 1. The molecule has 1 heterocycles. The molecule has 0 atom stereocenters. The van der Waals surface area contributed by atoms with E-state index >= 15 is 0 Å². The van der Waals surface area contributed by atoms with Gasteiger partial charge >= 0.3 is 5.97 Å². The van der Waals surface area contributed by atoms with Crippen LogP contribution in [0.3, 0.4) is 0 Å². The molecule has 7 heteroatoms. The highest BCUT2D eigenvalue weighted by Gasteiger charge is 2.12. The van der Waals surface area contributed by atoms with Crippen LogP contribution in [0.25, 0.3) is 5.69 Å². The lowest BCUT2D eigenvalue weighted by molar-refractivity contribution is -0.139. The first-order chi connectivity index (χ1) is 9.22. The van der Waals surface area contributed by atoms with Crippen molar-refractivity contribution in [1.29, 1.82) is 0 Å². The minimum atomic E-state index is -1.03. The highest BCUT2D eigenvalue weighted by atomic mass is 16.5. The van der Waals surface area contributed by atoms with Gasteiger partial charge in [0.25, 0.3) is 0 Å². The Hall–Kier alpha value is -2.44. The molecule has 100 valence electrons. The summed E-state index contributed by atoms with van der Waals surface area (Å²) < 4.78 is 6.81. The maximum absolute atomic E-state index is 10.6. The Morgan fingerprint density at radius 1 is 1.42 bits per heavy atom. The fourth-order valence-corrected chi connectivity index (χ4v) is 1.67. The molecule has 0 saturated heterocycles. The number of tetrazole rings is 1. The fourth-order valence-electron chi connectivity index (χ4n) is 1.67. The van der Waals surface area contributed by atoms with E-state index < -0.39 is 12.6 Å². The molecule has 0 unspecified atom stereocenters. The minimum absolute atomic E-state index is 0.401. The Labute approximate surface area is 109 Å². The summed E-state index contributed by atoms with van der Waals surface area (Å²) in [5.41, 5.74) is 0.636. The molecule has 1 aromatic heterocycles. The summed E-state index contributed by atoms with van der Waals surface area (Å²) in [6.07, 6.45) is 1.65. The molecule has 0 radical (unpaired) electrons. The van der Waals surface area contributed by atoms with Crippen LogP contribution in [0.2, 0.25) is 0 Å². The molecule has 0 bridgehead atoms. The summed E-state index contributed by atoms with van der Waals surface area (Å²) in [5.74, 6) is 0.128. The van der Waals surface area contributed by atoms with Crippen molar-refractivity contribution >= 4 is 5.97 Å². The van der Waals surface area contributed by atoms with Gasteiger partial charge in [0, 0.05) is 6.42 Å². The number of para-hydroxylation sites is 2. The van der Waals surface area contributed by atoms with Crippen molar-refractivity contribution in [2.24, 2.45) is 0 Å². The maximum atomic E-state index is 10.6. The van der Waals surface area contributed by atoms with Crippen LogP contribution in [0, 0.1) is 0 Å². The molecular weight excluding hydrogens is 248 g/mol. The predicted octanol–water partition coefficient (Wildman–Crippen LogP) is 1.08. The topological polar surface area (TPSA) is 90.1 Å². The molecule has 0 aliphatic rings. The van der Waals surface area contributed by atoms with E-state index in [1.807, 2.05) is 13.0 Å².